The Morgan fingerprint density at radius 2 is 1.83 bits per heavy atom. The minimum Gasteiger partial charge on any atom is -0.313 e. The molecule has 1 aliphatic rings. The van der Waals surface area contributed by atoms with Crippen molar-refractivity contribution in [3.63, 3.8) is 0 Å². The van der Waals surface area contributed by atoms with Crippen LogP contribution in [0.5, 0.6) is 0 Å². The van der Waals surface area contributed by atoms with Crippen LogP contribution in [-0.2, 0) is 11.8 Å². The van der Waals surface area contributed by atoms with Gasteiger partial charge in [-0.15, -0.1) is 5.10 Å². The van der Waals surface area contributed by atoms with Crippen molar-refractivity contribution in [2.24, 2.45) is 17.0 Å². The molecule has 10 heteroatoms. The number of rotatable bonds is 4. The highest BCUT2D eigenvalue weighted by Crippen LogP contribution is 2.34. The van der Waals surface area contributed by atoms with Crippen LogP contribution in [0.15, 0.2) is 63.7 Å². The van der Waals surface area contributed by atoms with Gasteiger partial charge in [-0.2, -0.15) is 0 Å². The molecule has 0 radical (unpaired) electrons. The molecule has 1 unspecified atom stereocenters. The number of thioether (sulfide) groups is 1. The van der Waals surface area contributed by atoms with Crippen molar-refractivity contribution in [1.29, 1.82) is 0 Å². The van der Waals surface area contributed by atoms with Gasteiger partial charge in [0.25, 0.3) is 0 Å². The number of nitrogens with one attached hydrogen (secondary N) is 1. The molecule has 1 aromatic heterocycles. The number of carbonyl (C=O) groups excluding carboxylic acids is 1. The second kappa shape index (κ2) is 8.54. The number of hydrogen-bond donors (Lipinski definition) is 1. The first-order valence-corrected chi connectivity index (χ1v) is 10.1. The summed E-state index contributed by atoms with van der Waals surface area (Å²) in [6, 6.07) is 13.6. The van der Waals surface area contributed by atoms with Crippen LogP contribution >= 0.6 is 11.8 Å². The number of amidine groups is 1. The zero-order valence-electron chi connectivity index (χ0n) is 16.3. The standard InChI is InChI=1S/C20H18FN7OS/c1-12-18(13-7-9-14(21)10-8-13)19(23-16-6-4-3-5-15(16)22-12)24-17(29)11-30-20-25-26-27-28(20)2/h3-10,18H,11H2,1-2H3,(H,23,24,29). The lowest BCUT2D eigenvalue weighted by Crippen LogP contribution is -2.38. The lowest BCUT2D eigenvalue weighted by Gasteiger charge is -2.19. The Balaban J connectivity index is 1.64. The van der Waals surface area contributed by atoms with E-state index in [1.165, 1.54) is 28.6 Å². The molecule has 3 aromatic rings. The number of aliphatic imine (C=N–C) groups is 2. The molecule has 1 aliphatic heterocycles. The van der Waals surface area contributed by atoms with Crippen LogP contribution in [0.2, 0.25) is 0 Å². The van der Waals surface area contributed by atoms with E-state index < -0.39 is 5.92 Å². The largest absolute Gasteiger partial charge is 0.313 e. The molecule has 0 saturated carbocycles. The van der Waals surface area contributed by atoms with Gasteiger partial charge in [-0.25, -0.2) is 14.1 Å². The van der Waals surface area contributed by atoms with E-state index in [-0.39, 0.29) is 17.5 Å². The van der Waals surface area contributed by atoms with E-state index >= 15 is 0 Å². The van der Waals surface area contributed by atoms with E-state index in [4.69, 9.17) is 9.98 Å². The fourth-order valence-corrected chi connectivity index (χ4v) is 3.76. The van der Waals surface area contributed by atoms with Crippen LogP contribution in [-0.4, -0.2) is 43.4 Å². The number of nitrogens with zero attached hydrogens (tertiary/aromatic N) is 6. The van der Waals surface area contributed by atoms with E-state index in [1.807, 2.05) is 31.2 Å². The molecule has 2 aromatic carbocycles. The molecular formula is C20H18FN7OS. The quantitative estimate of drug-likeness (QED) is 0.650. The highest BCUT2D eigenvalue weighted by molar-refractivity contribution is 7.99. The minimum atomic E-state index is -0.413. The molecule has 8 nitrogen and oxygen atoms in total. The lowest BCUT2D eigenvalue weighted by atomic mass is 9.93. The average Bonchev–Trinajstić information content (AvgIpc) is 3.08. The van der Waals surface area contributed by atoms with Crippen molar-refractivity contribution >= 4 is 40.6 Å². The summed E-state index contributed by atoms with van der Waals surface area (Å²) >= 11 is 1.22. The first kappa shape index (κ1) is 19.9. The first-order chi connectivity index (χ1) is 14.5. The molecule has 2 heterocycles. The normalized spacial score (nSPS) is 15.6. The summed E-state index contributed by atoms with van der Waals surface area (Å²) in [4.78, 5) is 22.1. The third kappa shape index (κ3) is 4.28. The fourth-order valence-electron chi connectivity index (χ4n) is 3.11. The van der Waals surface area contributed by atoms with Gasteiger partial charge in [-0.05, 0) is 47.2 Å². The van der Waals surface area contributed by atoms with Crippen LogP contribution in [0.3, 0.4) is 0 Å². The number of carbonyl (C=O) groups is 1. The molecule has 0 bridgehead atoms. The number of amides is 1. The third-order valence-electron chi connectivity index (χ3n) is 4.50. The number of hydrogen-bond acceptors (Lipinski definition) is 7. The number of halogens is 1. The van der Waals surface area contributed by atoms with Crippen LogP contribution in [0.4, 0.5) is 15.8 Å². The topological polar surface area (TPSA) is 97.4 Å². The highest BCUT2D eigenvalue weighted by Gasteiger charge is 2.26. The number of aromatic nitrogens is 4. The summed E-state index contributed by atoms with van der Waals surface area (Å²) in [7, 11) is 1.71. The Morgan fingerprint density at radius 1 is 1.13 bits per heavy atom. The molecule has 1 N–H and O–H groups in total. The summed E-state index contributed by atoms with van der Waals surface area (Å²) in [5, 5.41) is 14.6. The van der Waals surface area contributed by atoms with Gasteiger partial charge in [0, 0.05) is 12.8 Å². The number of fused-ring (bicyclic) bond motifs is 1. The van der Waals surface area contributed by atoms with Gasteiger partial charge in [0.05, 0.1) is 23.0 Å². The number of benzene rings is 2. The van der Waals surface area contributed by atoms with Gasteiger partial charge in [-0.1, -0.05) is 36.0 Å². The summed E-state index contributed by atoms with van der Waals surface area (Å²) in [6.07, 6.45) is 0. The maximum Gasteiger partial charge on any atom is 0.235 e. The first-order valence-electron chi connectivity index (χ1n) is 9.14. The molecule has 30 heavy (non-hydrogen) atoms. The van der Waals surface area contributed by atoms with Crippen molar-refractivity contribution in [2.75, 3.05) is 5.75 Å². The molecule has 4 rings (SSSR count). The Labute approximate surface area is 176 Å². The molecule has 1 amide bonds. The number of tetrazole rings is 1. The zero-order chi connectivity index (χ0) is 21.1. The van der Waals surface area contributed by atoms with Crippen LogP contribution < -0.4 is 5.32 Å². The van der Waals surface area contributed by atoms with Gasteiger partial charge in [0.2, 0.25) is 11.1 Å². The molecule has 0 saturated heterocycles. The van der Waals surface area contributed by atoms with Gasteiger partial charge >= 0.3 is 0 Å². The van der Waals surface area contributed by atoms with Crippen LogP contribution in [0.1, 0.15) is 18.4 Å². The van der Waals surface area contributed by atoms with Crippen LogP contribution in [0.25, 0.3) is 0 Å². The molecule has 1 atom stereocenters. The van der Waals surface area contributed by atoms with Crippen LogP contribution in [0, 0.1) is 5.82 Å². The predicted octanol–water partition coefficient (Wildman–Crippen LogP) is 3.18. The third-order valence-corrected chi connectivity index (χ3v) is 5.51. The van der Waals surface area contributed by atoms with E-state index in [2.05, 4.69) is 20.8 Å². The van der Waals surface area contributed by atoms with E-state index in [0.717, 1.165) is 11.3 Å². The lowest BCUT2D eigenvalue weighted by molar-refractivity contribution is -0.117. The Morgan fingerprint density at radius 3 is 2.50 bits per heavy atom. The summed E-state index contributed by atoms with van der Waals surface area (Å²) in [5.74, 6) is -0.443. The van der Waals surface area contributed by atoms with Crippen molar-refractivity contribution in [3.05, 3.63) is 59.9 Å². The van der Waals surface area contributed by atoms with Gasteiger partial charge in [0.1, 0.15) is 11.7 Å². The summed E-state index contributed by atoms with van der Waals surface area (Å²) < 4.78 is 15.0. The summed E-state index contributed by atoms with van der Waals surface area (Å²) in [6.45, 7) is 1.87. The molecule has 0 aliphatic carbocycles. The van der Waals surface area contributed by atoms with Gasteiger partial charge < -0.3 is 5.32 Å². The fraction of sp³-hybridized carbons (Fsp3) is 0.200. The van der Waals surface area contributed by atoms with Crippen molar-refractivity contribution in [1.82, 2.24) is 25.5 Å². The van der Waals surface area contributed by atoms with Gasteiger partial charge in [-0.3, -0.25) is 9.79 Å². The minimum absolute atomic E-state index is 0.112. The predicted molar refractivity (Wildman–Crippen MR) is 113 cm³/mol. The Kier molecular flexibility index (Phi) is 5.66. The van der Waals surface area contributed by atoms with Crippen molar-refractivity contribution in [3.8, 4) is 0 Å². The Bertz CT molecular complexity index is 1140. The molecular weight excluding hydrogens is 405 g/mol. The number of aryl methyl sites for hydroxylation is 1. The van der Waals surface area contributed by atoms with Crippen molar-refractivity contribution in [2.45, 2.75) is 18.0 Å². The smallest absolute Gasteiger partial charge is 0.235 e. The maximum absolute atomic E-state index is 13.5. The highest BCUT2D eigenvalue weighted by atomic mass is 32.2. The van der Waals surface area contributed by atoms with Crippen molar-refractivity contribution < 1.29 is 9.18 Å². The second-order valence-electron chi connectivity index (χ2n) is 6.65. The monoisotopic (exact) mass is 423 g/mol. The molecule has 152 valence electrons. The number of para-hydroxylation sites is 2. The molecule has 0 spiro atoms. The maximum atomic E-state index is 13.5. The van der Waals surface area contributed by atoms with Gasteiger partial charge in [0.15, 0.2) is 0 Å². The summed E-state index contributed by atoms with van der Waals surface area (Å²) in [5.41, 5.74) is 2.90. The van der Waals surface area contributed by atoms with E-state index in [9.17, 15) is 9.18 Å². The van der Waals surface area contributed by atoms with E-state index in [0.29, 0.717) is 22.4 Å². The second-order valence-corrected chi connectivity index (χ2v) is 7.59. The SMILES string of the molecule is CC1=Nc2ccccc2N=C(NC(=O)CSc2nnnn2C)C1c1ccc(F)cc1. The Hall–Kier alpha value is -3.40. The van der Waals surface area contributed by atoms with E-state index in [1.54, 1.807) is 19.2 Å². The molecule has 0 fully saturated rings. The average molecular weight is 423 g/mol. The zero-order valence-corrected chi connectivity index (χ0v) is 17.1.